The van der Waals surface area contributed by atoms with Gasteiger partial charge in [-0.25, -0.2) is 0 Å². The van der Waals surface area contributed by atoms with Gasteiger partial charge in [0, 0.05) is 11.6 Å². The van der Waals surface area contributed by atoms with Gasteiger partial charge in [-0.3, -0.25) is 4.84 Å². The predicted molar refractivity (Wildman–Crippen MR) is 64.3 cm³/mol. The highest BCUT2D eigenvalue weighted by atomic mass is 16.7. The van der Waals surface area contributed by atoms with E-state index in [-0.39, 0.29) is 0 Å². The summed E-state index contributed by atoms with van der Waals surface area (Å²) in [4.78, 5) is 5.28. The van der Waals surface area contributed by atoms with E-state index in [4.69, 9.17) is 9.36 Å². The summed E-state index contributed by atoms with van der Waals surface area (Å²) in [5, 5.41) is 15.1. The van der Waals surface area contributed by atoms with E-state index in [2.05, 4.69) is 5.16 Å². The van der Waals surface area contributed by atoms with Crippen LogP contribution in [0.25, 0.3) is 11.3 Å². The first kappa shape index (κ1) is 11.4. The normalized spacial score (nSPS) is 20.4. The molecule has 1 atom stereocenters. The Bertz CT molecular complexity index is 512. The molecule has 1 saturated heterocycles. The van der Waals surface area contributed by atoms with Crippen molar-refractivity contribution in [3.63, 3.8) is 0 Å². The largest absolute Gasteiger partial charge is 0.389 e. The average Bonchev–Trinajstić information content (AvgIpc) is 3.01. The summed E-state index contributed by atoms with van der Waals surface area (Å²) in [7, 11) is 0. The lowest BCUT2D eigenvalue weighted by molar-refractivity contribution is -0.121. The van der Waals surface area contributed by atoms with Gasteiger partial charge in [0.2, 0.25) is 0 Å². The Morgan fingerprint density at radius 2 is 2.17 bits per heavy atom. The molecule has 1 aliphatic rings. The second-order valence-corrected chi connectivity index (χ2v) is 4.32. The van der Waals surface area contributed by atoms with Gasteiger partial charge < -0.3 is 9.63 Å². The predicted octanol–water partition coefficient (Wildman–Crippen LogP) is 1.45. The Labute approximate surface area is 105 Å². The summed E-state index contributed by atoms with van der Waals surface area (Å²) >= 11 is 0. The fourth-order valence-corrected chi connectivity index (χ4v) is 1.95. The van der Waals surface area contributed by atoms with Crippen molar-refractivity contribution in [3.05, 3.63) is 42.2 Å². The van der Waals surface area contributed by atoms with Crippen LogP contribution in [0.4, 0.5) is 0 Å². The van der Waals surface area contributed by atoms with Crippen LogP contribution in [0.2, 0.25) is 0 Å². The quantitative estimate of drug-likeness (QED) is 0.888. The highest BCUT2D eigenvalue weighted by Gasteiger charge is 2.22. The van der Waals surface area contributed by atoms with E-state index < -0.39 is 6.10 Å². The fourth-order valence-electron chi connectivity index (χ4n) is 1.95. The second kappa shape index (κ2) is 4.89. The molecule has 0 saturated carbocycles. The number of aliphatic hydroxyl groups excluding tert-OH is 1. The number of rotatable bonds is 3. The van der Waals surface area contributed by atoms with Gasteiger partial charge in [-0.05, 0) is 0 Å². The van der Waals surface area contributed by atoms with Crippen molar-refractivity contribution in [2.24, 2.45) is 0 Å². The van der Waals surface area contributed by atoms with Gasteiger partial charge in [-0.15, -0.1) is 0 Å². The maximum atomic E-state index is 9.35. The van der Waals surface area contributed by atoms with Crippen LogP contribution < -0.4 is 0 Å². The molecule has 3 rings (SSSR count). The molecule has 0 aliphatic carbocycles. The van der Waals surface area contributed by atoms with Crippen LogP contribution >= 0.6 is 0 Å². The van der Waals surface area contributed by atoms with E-state index in [1.54, 1.807) is 5.06 Å². The highest BCUT2D eigenvalue weighted by molar-refractivity contribution is 5.58. The highest BCUT2D eigenvalue weighted by Crippen LogP contribution is 2.20. The molecule has 0 radical (unpaired) electrons. The molecule has 1 aromatic heterocycles. The zero-order valence-corrected chi connectivity index (χ0v) is 9.82. The molecule has 1 N–H and O–H groups in total. The molecule has 0 spiro atoms. The summed E-state index contributed by atoms with van der Waals surface area (Å²) in [6.45, 7) is 1.35. The summed E-state index contributed by atoms with van der Waals surface area (Å²) in [5.41, 5.74) is 1.83. The lowest BCUT2D eigenvalue weighted by Crippen LogP contribution is -2.20. The monoisotopic (exact) mass is 246 g/mol. The Morgan fingerprint density at radius 1 is 1.33 bits per heavy atom. The number of hydrogen-bond donors (Lipinski definition) is 1. The van der Waals surface area contributed by atoms with E-state index in [9.17, 15) is 5.11 Å². The van der Waals surface area contributed by atoms with E-state index in [1.807, 2.05) is 36.4 Å². The molecule has 0 amide bonds. The van der Waals surface area contributed by atoms with Crippen LogP contribution in [0, 0.1) is 0 Å². The van der Waals surface area contributed by atoms with Crippen LogP contribution in [0.1, 0.15) is 5.76 Å². The van der Waals surface area contributed by atoms with Crippen molar-refractivity contribution in [2.75, 3.05) is 13.2 Å². The van der Waals surface area contributed by atoms with Crippen molar-refractivity contribution in [1.29, 1.82) is 0 Å². The zero-order valence-electron chi connectivity index (χ0n) is 9.82. The molecule has 94 valence electrons. The number of β-amino-alcohol motifs (C(OH)–C–C–N with tert-alkyl or cyclic N) is 1. The molecule has 1 aromatic carbocycles. The Hall–Kier alpha value is -1.69. The van der Waals surface area contributed by atoms with Gasteiger partial charge in [0.1, 0.15) is 5.69 Å². The Morgan fingerprint density at radius 3 is 2.89 bits per heavy atom. The third-order valence-electron chi connectivity index (χ3n) is 2.82. The van der Waals surface area contributed by atoms with Crippen molar-refractivity contribution in [2.45, 2.75) is 12.6 Å². The standard InChI is InChI=1S/C13H14N2O3/c16-11-7-15(17-9-11)8-12-6-13(14-18-12)10-4-2-1-3-5-10/h1-6,11,16H,7-9H2/t11-/m1/s1. The summed E-state index contributed by atoms with van der Waals surface area (Å²) in [6, 6.07) is 11.7. The first-order valence-electron chi connectivity index (χ1n) is 5.88. The molecule has 2 aromatic rings. The maximum Gasteiger partial charge on any atom is 0.153 e. The van der Waals surface area contributed by atoms with Crippen molar-refractivity contribution in [1.82, 2.24) is 10.2 Å². The number of hydroxylamine groups is 2. The van der Waals surface area contributed by atoms with Crippen molar-refractivity contribution < 1.29 is 14.5 Å². The molecule has 1 aliphatic heterocycles. The number of aliphatic hydroxyl groups is 1. The minimum atomic E-state index is -0.415. The smallest absolute Gasteiger partial charge is 0.153 e. The van der Waals surface area contributed by atoms with Gasteiger partial charge in [0.25, 0.3) is 0 Å². The Balaban J connectivity index is 1.70. The number of aromatic nitrogens is 1. The van der Waals surface area contributed by atoms with E-state index in [0.717, 1.165) is 17.0 Å². The first-order chi connectivity index (χ1) is 8.81. The average molecular weight is 246 g/mol. The minimum absolute atomic E-state index is 0.347. The van der Waals surface area contributed by atoms with E-state index in [0.29, 0.717) is 19.7 Å². The van der Waals surface area contributed by atoms with Crippen molar-refractivity contribution >= 4 is 0 Å². The van der Waals surface area contributed by atoms with E-state index >= 15 is 0 Å². The zero-order chi connectivity index (χ0) is 12.4. The van der Waals surface area contributed by atoms with Crippen LogP contribution in [-0.4, -0.2) is 34.6 Å². The van der Waals surface area contributed by atoms with Crippen molar-refractivity contribution in [3.8, 4) is 11.3 Å². The van der Waals surface area contributed by atoms with Gasteiger partial charge >= 0.3 is 0 Å². The molecular weight excluding hydrogens is 232 g/mol. The molecule has 18 heavy (non-hydrogen) atoms. The number of benzene rings is 1. The summed E-state index contributed by atoms with van der Waals surface area (Å²) in [5.74, 6) is 0.725. The minimum Gasteiger partial charge on any atom is -0.389 e. The van der Waals surface area contributed by atoms with E-state index in [1.165, 1.54) is 0 Å². The molecule has 1 fully saturated rings. The van der Waals surface area contributed by atoms with Crippen LogP contribution in [0.15, 0.2) is 40.9 Å². The second-order valence-electron chi connectivity index (χ2n) is 4.32. The van der Waals surface area contributed by atoms with Crippen LogP contribution in [0.5, 0.6) is 0 Å². The third-order valence-corrected chi connectivity index (χ3v) is 2.82. The molecule has 0 unspecified atom stereocenters. The summed E-state index contributed by atoms with van der Waals surface area (Å²) in [6.07, 6.45) is -0.415. The lowest BCUT2D eigenvalue weighted by atomic mass is 10.1. The number of hydrogen-bond acceptors (Lipinski definition) is 5. The molecule has 0 bridgehead atoms. The van der Waals surface area contributed by atoms with Crippen LogP contribution in [0.3, 0.4) is 0 Å². The van der Waals surface area contributed by atoms with Gasteiger partial charge in [-0.2, -0.15) is 5.06 Å². The van der Waals surface area contributed by atoms with Crippen LogP contribution in [-0.2, 0) is 11.4 Å². The molecule has 2 heterocycles. The fraction of sp³-hybridized carbons (Fsp3) is 0.308. The van der Waals surface area contributed by atoms with Gasteiger partial charge in [-0.1, -0.05) is 35.5 Å². The molecule has 5 nitrogen and oxygen atoms in total. The molecule has 5 heteroatoms. The lowest BCUT2D eigenvalue weighted by Gasteiger charge is -2.09. The third kappa shape index (κ3) is 2.43. The van der Waals surface area contributed by atoms with Gasteiger partial charge in [0.15, 0.2) is 5.76 Å². The SMILES string of the molecule is O[C@H]1CON(Cc2cc(-c3ccccc3)no2)C1. The number of nitrogens with zero attached hydrogens (tertiary/aromatic N) is 2. The Kier molecular flexibility index (Phi) is 3.10. The molecular formula is C13H14N2O3. The first-order valence-corrected chi connectivity index (χ1v) is 5.88. The topological polar surface area (TPSA) is 58.7 Å². The summed E-state index contributed by atoms with van der Waals surface area (Å²) < 4.78 is 5.26. The maximum absolute atomic E-state index is 9.35. The van der Waals surface area contributed by atoms with Gasteiger partial charge in [0.05, 0.1) is 25.8 Å².